The number of alkyl halides is 3. The molecular formula is C26H28F4N8O2. The zero-order valence-electron chi connectivity index (χ0n) is 21.8. The molecule has 0 bridgehead atoms. The summed E-state index contributed by atoms with van der Waals surface area (Å²) in [5.74, 6) is -1.57. The van der Waals surface area contributed by atoms with Crippen molar-refractivity contribution in [1.29, 1.82) is 5.41 Å². The van der Waals surface area contributed by atoms with E-state index in [2.05, 4.69) is 31.1 Å². The van der Waals surface area contributed by atoms with E-state index < -0.39 is 23.3 Å². The lowest BCUT2D eigenvalue weighted by atomic mass is 10.0. The molecule has 40 heavy (non-hydrogen) atoms. The number of benzene rings is 1. The fourth-order valence-electron chi connectivity index (χ4n) is 3.84. The van der Waals surface area contributed by atoms with Crippen molar-refractivity contribution in [3.8, 4) is 11.1 Å². The number of hydrogen-bond acceptors (Lipinski definition) is 9. The van der Waals surface area contributed by atoms with Gasteiger partial charge in [-0.1, -0.05) is 17.3 Å². The van der Waals surface area contributed by atoms with Crippen LogP contribution >= 0.6 is 0 Å². The lowest BCUT2D eigenvalue weighted by Crippen LogP contribution is -2.28. The van der Waals surface area contributed by atoms with E-state index in [1.54, 1.807) is 12.3 Å². The number of rotatable bonds is 12. The summed E-state index contributed by atoms with van der Waals surface area (Å²) in [5.41, 5.74) is -0.511. The molecule has 0 aliphatic heterocycles. The number of carbonyl (C=O) groups excluding carboxylic acids is 1. The van der Waals surface area contributed by atoms with Gasteiger partial charge in [0.2, 0.25) is 11.9 Å². The first-order chi connectivity index (χ1) is 19.0. The number of carbonyl (C=O) groups is 1. The summed E-state index contributed by atoms with van der Waals surface area (Å²) in [7, 11) is 3.91. The summed E-state index contributed by atoms with van der Waals surface area (Å²) in [6.07, 6.45) is 0.725. The maximum absolute atomic E-state index is 14.8. The van der Waals surface area contributed by atoms with Crippen molar-refractivity contribution in [3.63, 3.8) is 0 Å². The molecule has 0 spiro atoms. The summed E-state index contributed by atoms with van der Waals surface area (Å²) >= 11 is 0. The van der Waals surface area contributed by atoms with E-state index in [0.29, 0.717) is 23.4 Å². The molecule has 2 aromatic heterocycles. The number of anilines is 2. The zero-order valence-corrected chi connectivity index (χ0v) is 21.8. The predicted molar refractivity (Wildman–Crippen MR) is 140 cm³/mol. The van der Waals surface area contributed by atoms with Crippen molar-refractivity contribution in [3.05, 3.63) is 65.7 Å². The van der Waals surface area contributed by atoms with Gasteiger partial charge in [0.15, 0.2) is 11.6 Å². The van der Waals surface area contributed by atoms with Gasteiger partial charge in [-0.15, -0.1) is 0 Å². The minimum absolute atomic E-state index is 0.0839. The molecule has 1 fully saturated rings. The predicted octanol–water partition coefficient (Wildman–Crippen LogP) is 4.10. The topological polar surface area (TPSA) is 132 Å². The van der Waals surface area contributed by atoms with Crippen LogP contribution in [0, 0.1) is 11.2 Å². The molecule has 0 radical (unpaired) electrons. The van der Waals surface area contributed by atoms with Crippen molar-refractivity contribution >= 4 is 23.9 Å². The number of likely N-dealkylation sites (N-methyl/N-ethyl adjacent to an activating group) is 1. The molecule has 1 amide bonds. The monoisotopic (exact) mass is 560 g/mol. The van der Waals surface area contributed by atoms with Crippen molar-refractivity contribution in [2.24, 2.45) is 0 Å². The second-order valence-corrected chi connectivity index (χ2v) is 9.61. The van der Waals surface area contributed by atoms with Gasteiger partial charge in [-0.2, -0.15) is 13.2 Å². The molecular weight excluding hydrogens is 532 g/mol. The number of halogens is 4. The molecule has 1 aliphatic rings. The van der Waals surface area contributed by atoms with Gasteiger partial charge >= 0.3 is 6.18 Å². The Bertz CT molecular complexity index is 1380. The molecule has 0 unspecified atom stereocenters. The first-order valence-electron chi connectivity index (χ1n) is 12.3. The van der Waals surface area contributed by atoms with Crippen LogP contribution in [-0.2, 0) is 16.6 Å². The highest BCUT2D eigenvalue weighted by Crippen LogP contribution is 2.59. The molecule has 1 aliphatic carbocycles. The summed E-state index contributed by atoms with van der Waals surface area (Å²) in [5, 5.41) is 19.4. The average Bonchev–Trinajstić information content (AvgIpc) is 3.61. The van der Waals surface area contributed by atoms with Gasteiger partial charge in [0.1, 0.15) is 11.2 Å². The van der Waals surface area contributed by atoms with Crippen LogP contribution in [0.5, 0.6) is 0 Å². The Labute approximate surface area is 227 Å². The van der Waals surface area contributed by atoms with Gasteiger partial charge in [-0.05, 0) is 44.1 Å². The summed E-state index contributed by atoms with van der Waals surface area (Å²) in [6.45, 7) is 1.51. The number of aromatic nitrogens is 3. The lowest BCUT2D eigenvalue weighted by molar-refractivity contribution is -0.165. The second-order valence-electron chi connectivity index (χ2n) is 9.61. The summed E-state index contributed by atoms with van der Waals surface area (Å²) in [4.78, 5) is 22.8. The third-order valence-electron chi connectivity index (χ3n) is 6.30. The van der Waals surface area contributed by atoms with Crippen LogP contribution in [0.3, 0.4) is 0 Å². The minimum atomic E-state index is -4.47. The molecule has 10 nitrogen and oxygen atoms in total. The summed E-state index contributed by atoms with van der Waals surface area (Å²) in [6, 6.07) is 5.32. The number of nitrogens with zero attached hydrogens (tertiary/aromatic N) is 4. The molecule has 4 N–H and O–H groups in total. The molecule has 14 heteroatoms. The Kier molecular flexibility index (Phi) is 8.47. The zero-order chi connectivity index (χ0) is 28.9. The molecule has 1 aromatic carbocycles. The fraction of sp³-hybridized carbons (Fsp3) is 0.346. The highest BCUT2D eigenvalue weighted by molar-refractivity contribution is 5.91. The number of amides is 1. The first-order valence-corrected chi connectivity index (χ1v) is 12.3. The Morgan fingerprint density at radius 2 is 1.88 bits per heavy atom. The van der Waals surface area contributed by atoms with Gasteiger partial charge in [0, 0.05) is 49.5 Å². The van der Waals surface area contributed by atoms with Gasteiger partial charge < -0.3 is 30.8 Å². The van der Waals surface area contributed by atoms with E-state index >= 15 is 0 Å². The normalized spacial score (nSPS) is 14.6. The van der Waals surface area contributed by atoms with E-state index in [1.807, 2.05) is 19.0 Å². The SMILES string of the molecule is CN(C)CCN/C=C(\C=N)Nc1ncc(-c2ccc(CC(=O)Nc3cc(C4(C(F)(F)F)CC4)on3)c(F)c2)cn1. The Balaban J connectivity index is 1.34. The average molecular weight is 561 g/mol. The molecule has 1 saturated carbocycles. The van der Waals surface area contributed by atoms with Crippen LogP contribution in [0.2, 0.25) is 0 Å². The van der Waals surface area contributed by atoms with E-state index in [4.69, 9.17) is 9.93 Å². The molecule has 3 aromatic rings. The molecule has 4 rings (SSSR count). The van der Waals surface area contributed by atoms with Gasteiger partial charge in [-0.25, -0.2) is 14.4 Å². The smallest absolute Gasteiger partial charge is 0.388 e. The number of allylic oxidation sites excluding steroid dienone is 1. The van der Waals surface area contributed by atoms with Crippen LogP contribution in [0.25, 0.3) is 11.1 Å². The van der Waals surface area contributed by atoms with E-state index in [-0.39, 0.29) is 42.4 Å². The van der Waals surface area contributed by atoms with Crippen LogP contribution in [-0.4, -0.2) is 65.5 Å². The maximum atomic E-state index is 14.8. The van der Waals surface area contributed by atoms with E-state index in [0.717, 1.165) is 18.8 Å². The third-order valence-corrected chi connectivity index (χ3v) is 6.30. The number of hydrogen-bond donors (Lipinski definition) is 4. The first kappa shape index (κ1) is 28.7. The Morgan fingerprint density at radius 1 is 1.15 bits per heavy atom. The molecule has 0 saturated heterocycles. The van der Waals surface area contributed by atoms with Crippen molar-refractivity contribution in [1.82, 2.24) is 25.3 Å². The van der Waals surface area contributed by atoms with E-state index in [9.17, 15) is 22.4 Å². The van der Waals surface area contributed by atoms with Crippen molar-refractivity contribution in [2.45, 2.75) is 30.9 Å². The standard InChI is InChI=1S/C26H28F4N8O2/c1-38(2)8-7-32-15-19(12-31)35-24-33-13-18(14-34-24)16-3-4-17(20(27)9-16)10-23(39)36-22-11-21(40-37-22)25(5-6-25)26(28,29)30/h3-4,9,11-15,31-32H,5-8,10H2,1-2H3,(H,33,34,35)(H,36,37,39)/b19-15+,31-12?. The Morgan fingerprint density at radius 3 is 2.48 bits per heavy atom. The largest absolute Gasteiger partial charge is 0.401 e. The highest BCUT2D eigenvalue weighted by atomic mass is 19.4. The molecule has 2 heterocycles. The lowest BCUT2D eigenvalue weighted by Gasteiger charge is -2.14. The van der Waals surface area contributed by atoms with E-state index in [1.165, 1.54) is 24.5 Å². The van der Waals surface area contributed by atoms with Crippen molar-refractivity contribution in [2.75, 3.05) is 37.8 Å². The van der Waals surface area contributed by atoms with Gasteiger partial charge in [0.05, 0.1) is 12.1 Å². The van der Waals surface area contributed by atoms with Crippen LogP contribution in [0.15, 0.2) is 53.1 Å². The molecule has 212 valence electrons. The maximum Gasteiger partial charge on any atom is 0.401 e. The number of nitrogens with one attached hydrogen (secondary N) is 4. The molecule has 0 atom stereocenters. The minimum Gasteiger partial charge on any atom is -0.388 e. The third kappa shape index (κ3) is 6.81. The van der Waals surface area contributed by atoms with Crippen molar-refractivity contribution < 1.29 is 26.9 Å². The summed E-state index contributed by atoms with van der Waals surface area (Å²) < 4.78 is 59.4. The van der Waals surface area contributed by atoms with Crippen LogP contribution in [0.1, 0.15) is 24.2 Å². The highest BCUT2D eigenvalue weighted by Gasteiger charge is 2.66. The van der Waals surface area contributed by atoms with Crippen LogP contribution < -0.4 is 16.0 Å². The van der Waals surface area contributed by atoms with Crippen LogP contribution in [0.4, 0.5) is 29.3 Å². The Hall–Kier alpha value is -4.33. The second kappa shape index (κ2) is 11.8. The van der Waals surface area contributed by atoms with Gasteiger partial charge in [0.25, 0.3) is 0 Å². The quantitative estimate of drug-likeness (QED) is 0.148. The fourth-order valence-corrected chi connectivity index (χ4v) is 3.84. The van der Waals surface area contributed by atoms with Gasteiger partial charge in [-0.3, -0.25) is 4.79 Å².